The van der Waals surface area contributed by atoms with E-state index in [2.05, 4.69) is 15.6 Å². The molecule has 0 bridgehead atoms. The Kier molecular flexibility index (Phi) is 5.11. The SMILES string of the molecule is CC(=O)N[C@@H](Cc1c[nH]c2ccccc12)C(=O)NCc1ccc(C)n1C. The lowest BCUT2D eigenvalue weighted by Gasteiger charge is -2.18. The van der Waals surface area contributed by atoms with Crippen LogP contribution in [0.1, 0.15) is 23.9 Å². The molecule has 0 aliphatic carbocycles. The number of nitrogens with one attached hydrogen (secondary N) is 3. The second-order valence-electron chi connectivity index (χ2n) is 6.56. The number of rotatable bonds is 6. The molecule has 2 heterocycles. The highest BCUT2D eigenvalue weighted by Crippen LogP contribution is 2.19. The number of hydrogen-bond acceptors (Lipinski definition) is 2. The third-order valence-corrected chi connectivity index (χ3v) is 4.71. The maximum Gasteiger partial charge on any atom is 0.243 e. The van der Waals surface area contributed by atoms with E-state index in [1.165, 1.54) is 6.92 Å². The molecule has 0 spiro atoms. The van der Waals surface area contributed by atoms with Crippen LogP contribution in [0.3, 0.4) is 0 Å². The minimum Gasteiger partial charge on any atom is -0.361 e. The van der Waals surface area contributed by atoms with Crippen LogP contribution < -0.4 is 10.6 Å². The molecule has 6 heteroatoms. The normalized spacial score (nSPS) is 12.1. The number of carbonyl (C=O) groups is 2. The summed E-state index contributed by atoms with van der Waals surface area (Å²) in [6, 6.07) is 11.3. The first kappa shape index (κ1) is 17.8. The monoisotopic (exact) mass is 352 g/mol. The quantitative estimate of drug-likeness (QED) is 0.636. The van der Waals surface area contributed by atoms with Gasteiger partial charge in [0.2, 0.25) is 11.8 Å². The molecule has 0 aliphatic rings. The molecule has 3 aromatic rings. The number of aromatic nitrogens is 2. The third-order valence-electron chi connectivity index (χ3n) is 4.71. The molecule has 26 heavy (non-hydrogen) atoms. The van der Waals surface area contributed by atoms with Gasteiger partial charge in [0.25, 0.3) is 0 Å². The van der Waals surface area contributed by atoms with Gasteiger partial charge in [-0.25, -0.2) is 0 Å². The van der Waals surface area contributed by atoms with Crippen LogP contribution in [0.4, 0.5) is 0 Å². The Morgan fingerprint density at radius 2 is 1.96 bits per heavy atom. The Morgan fingerprint density at radius 1 is 1.19 bits per heavy atom. The van der Waals surface area contributed by atoms with Crippen molar-refractivity contribution < 1.29 is 9.59 Å². The van der Waals surface area contributed by atoms with E-state index in [4.69, 9.17) is 0 Å². The van der Waals surface area contributed by atoms with Gasteiger partial charge in [0.15, 0.2) is 0 Å². The fourth-order valence-corrected chi connectivity index (χ4v) is 3.12. The van der Waals surface area contributed by atoms with E-state index in [1.54, 1.807) is 0 Å². The zero-order valence-corrected chi connectivity index (χ0v) is 15.3. The molecule has 136 valence electrons. The van der Waals surface area contributed by atoms with Crippen LogP contribution in [0.15, 0.2) is 42.6 Å². The number of benzene rings is 1. The fourth-order valence-electron chi connectivity index (χ4n) is 3.12. The second-order valence-corrected chi connectivity index (χ2v) is 6.56. The summed E-state index contributed by atoms with van der Waals surface area (Å²) >= 11 is 0. The minimum atomic E-state index is -0.618. The fraction of sp³-hybridized carbons (Fsp3) is 0.300. The molecule has 1 atom stereocenters. The number of fused-ring (bicyclic) bond motifs is 1. The van der Waals surface area contributed by atoms with Gasteiger partial charge in [0.1, 0.15) is 6.04 Å². The highest BCUT2D eigenvalue weighted by molar-refractivity contribution is 5.89. The van der Waals surface area contributed by atoms with E-state index >= 15 is 0 Å². The summed E-state index contributed by atoms with van der Waals surface area (Å²) in [4.78, 5) is 27.5. The number of hydrogen-bond donors (Lipinski definition) is 3. The predicted molar refractivity (Wildman–Crippen MR) is 102 cm³/mol. The van der Waals surface area contributed by atoms with E-state index in [1.807, 2.05) is 61.1 Å². The molecule has 0 fully saturated rings. The molecule has 3 rings (SSSR count). The maximum absolute atomic E-state index is 12.7. The van der Waals surface area contributed by atoms with E-state index in [9.17, 15) is 9.59 Å². The topological polar surface area (TPSA) is 78.9 Å². The molecule has 2 amide bonds. The van der Waals surface area contributed by atoms with Gasteiger partial charge in [-0.2, -0.15) is 0 Å². The molecule has 6 nitrogen and oxygen atoms in total. The molecule has 2 aromatic heterocycles. The Labute approximate surface area is 152 Å². The van der Waals surface area contributed by atoms with Gasteiger partial charge in [-0.15, -0.1) is 0 Å². The van der Waals surface area contributed by atoms with E-state index < -0.39 is 6.04 Å². The summed E-state index contributed by atoms with van der Waals surface area (Å²) in [5, 5.41) is 6.77. The van der Waals surface area contributed by atoms with Crippen molar-refractivity contribution in [3.05, 3.63) is 59.5 Å². The molecule has 3 N–H and O–H groups in total. The lowest BCUT2D eigenvalue weighted by Crippen LogP contribution is -2.47. The van der Waals surface area contributed by atoms with Crippen molar-refractivity contribution in [2.45, 2.75) is 32.9 Å². The van der Waals surface area contributed by atoms with Crippen molar-refractivity contribution in [3.8, 4) is 0 Å². The van der Waals surface area contributed by atoms with Crippen molar-refractivity contribution in [1.82, 2.24) is 20.2 Å². The number of H-pyrrole nitrogens is 1. The van der Waals surface area contributed by atoms with Crippen LogP contribution in [-0.2, 0) is 29.6 Å². The lowest BCUT2D eigenvalue weighted by atomic mass is 10.0. The molecule has 0 unspecified atom stereocenters. The van der Waals surface area contributed by atoms with Gasteiger partial charge >= 0.3 is 0 Å². The van der Waals surface area contributed by atoms with Gasteiger partial charge in [-0.1, -0.05) is 18.2 Å². The minimum absolute atomic E-state index is 0.190. The zero-order valence-electron chi connectivity index (χ0n) is 15.3. The largest absolute Gasteiger partial charge is 0.361 e. The smallest absolute Gasteiger partial charge is 0.243 e. The lowest BCUT2D eigenvalue weighted by molar-refractivity contribution is -0.128. The summed E-state index contributed by atoms with van der Waals surface area (Å²) in [6.07, 6.45) is 2.33. The van der Waals surface area contributed by atoms with Gasteiger partial charge < -0.3 is 20.2 Å². The number of nitrogens with zero attached hydrogens (tertiary/aromatic N) is 1. The van der Waals surface area contributed by atoms with Gasteiger partial charge in [-0.05, 0) is 30.7 Å². The number of aromatic amines is 1. The zero-order chi connectivity index (χ0) is 18.7. The molecule has 1 aromatic carbocycles. The standard InChI is InChI=1S/C20H24N4O2/c1-13-8-9-16(24(13)3)12-22-20(26)19(23-14(2)25)10-15-11-21-18-7-5-4-6-17(15)18/h4-9,11,19,21H,10,12H2,1-3H3,(H,22,26)(H,23,25)/t19-/m0/s1. The Hall–Kier alpha value is -3.02. The number of carbonyl (C=O) groups excluding carboxylic acids is 2. The Morgan fingerprint density at radius 3 is 2.65 bits per heavy atom. The summed E-state index contributed by atoms with van der Waals surface area (Å²) in [5.74, 6) is -0.413. The van der Waals surface area contributed by atoms with Crippen LogP contribution in [0.2, 0.25) is 0 Å². The van der Waals surface area contributed by atoms with Crippen LogP contribution in [0, 0.1) is 6.92 Å². The Balaban J connectivity index is 1.73. The molecular formula is C20H24N4O2. The van der Waals surface area contributed by atoms with Crippen molar-refractivity contribution in [1.29, 1.82) is 0 Å². The highest BCUT2D eigenvalue weighted by Gasteiger charge is 2.21. The van der Waals surface area contributed by atoms with Crippen LogP contribution in [-0.4, -0.2) is 27.4 Å². The molecule has 0 radical (unpaired) electrons. The third kappa shape index (κ3) is 3.79. The summed E-state index contributed by atoms with van der Waals surface area (Å²) in [7, 11) is 1.97. The number of aryl methyl sites for hydroxylation is 1. The first-order valence-electron chi connectivity index (χ1n) is 8.66. The van der Waals surface area contributed by atoms with Crippen molar-refractivity contribution in [3.63, 3.8) is 0 Å². The average Bonchev–Trinajstić information content (AvgIpc) is 3.16. The van der Waals surface area contributed by atoms with Gasteiger partial charge in [0.05, 0.1) is 6.54 Å². The number of amides is 2. The first-order chi connectivity index (χ1) is 12.5. The molecular weight excluding hydrogens is 328 g/mol. The van der Waals surface area contributed by atoms with Crippen molar-refractivity contribution in [2.75, 3.05) is 0 Å². The summed E-state index contributed by atoms with van der Waals surface area (Å²) in [6.45, 7) is 3.87. The van der Waals surface area contributed by atoms with E-state index in [0.717, 1.165) is 27.9 Å². The van der Waals surface area contributed by atoms with E-state index in [0.29, 0.717) is 13.0 Å². The van der Waals surface area contributed by atoms with Crippen LogP contribution in [0.25, 0.3) is 10.9 Å². The first-order valence-corrected chi connectivity index (χ1v) is 8.66. The predicted octanol–water partition coefficient (Wildman–Crippen LogP) is 2.18. The van der Waals surface area contributed by atoms with Gasteiger partial charge in [-0.3, -0.25) is 9.59 Å². The molecule has 0 saturated heterocycles. The van der Waals surface area contributed by atoms with E-state index in [-0.39, 0.29) is 11.8 Å². The Bertz CT molecular complexity index is 938. The highest BCUT2D eigenvalue weighted by atomic mass is 16.2. The van der Waals surface area contributed by atoms with Crippen molar-refractivity contribution in [2.24, 2.45) is 7.05 Å². The van der Waals surface area contributed by atoms with Crippen LogP contribution >= 0.6 is 0 Å². The summed E-state index contributed by atoms with van der Waals surface area (Å²) in [5.41, 5.74) is 4.17. The molecule has 0 saturated carbocycles. The maximum atomic E-state index is 12.7. The molecule has 0 aliphatic heterocycles. The second kappa shape index (κ2) is 7.47. The van der Waals surface area contributed by atoms with Crippen molar-refractivity contribution >= 4 is 22.7 Å². The van der Waals surface area contributed by atoms with Gasteiger partial charge in [0, 0.05) is 48.9 Å². The van der Waals surface area contributed by atoms with Crippen LogP contribution in [0.5, 0.6) is 0 Å². The number of para-hydroxylation sites is 1. The summed E-state index contributed by atoms with van der Waals surface area (Å²) < 4.78 is 2.04. The average molecular weight is 352 g/mol.